The first-order valence-electron chi connectivity index (χ1n) is 5.01. The molecule has 0 saturated heterocycles. The molecule has 0 spiro atoms. The van der Waals surface area contributed by atoms with Gasteiger partial charge >= 0.3 is 0 Å². The van der Waals surface area contributed by atoms with Crippen molar-refractivity contribution < 1.29 is 9.53 Å². The number of ether oxygens (including phenoxy) is 1. The second kappa shape index (κ2) is 4.65. The number of carbonyl (C=O) groups is 1. The van der Waals surface area contributed by atoms with Gasteiger partial charge in [-0.05, 0) is 24.3 Å². The number of benzene rings is 1. The number of nitrogens with one attached hydrogen (secondary N) is 1. The van der Waals surface area contributed by atoms with Crippen LogP contribution in [0.15, 0.2) is 30.5 Å². The van der Waals surface area contributed by atoms with Gasteiger partial charge in [0.15, 0.2) is 5.82 Å². The monoisotopic (exact) mass is 232 g/mol. The SMILES string of the molecule is COc1ccc(C(=O)Nc2cnn(C)n2)cc1. The molecule has 2 aromatic rings. The lowest BCUT2D eigenvalue weighted by Gasteiger charge is -2.03. The number of methoxy groups -OCH3 is 1. The summed E-state index contributed by atoms with van der Waals surface area (Å²) < 4.78 is 5.01. The van der Waals surface area contributed by atoms with Crippen molar-refractivity contribution in [1.82, 2.24) is 15.0 Å². The molecule has 1 aromatic carbocycles. The third-order valence-corrected chi connectivity index (χ3v) is 2.19. The summed E-state index contributed by atoms with van der Waals surface area (Å²) in [6.45, 7) is 0. The largest absolute Gasteiger partial charge is 0.497 e. The predicted octanol–water partition coefficient (Wildman–Crippen LogP) is 1.08. The van der Waals surface area contributed by atoms with E-state index in [0.717, 1.165) is 0 Å². The molecule has 0 saturated carbocycles. The molecular weight excluding hydrogens is 220 g/mol. The van der Waals surface area contributed by atoms with E-state index in [-0.39, 0.29) is 5.91 Å². The van der Waals surface area contributed by atoms with Crippen LogP contribution in [0.4, 0.5) is 5.82 Å². The average molecular weight is 232 g/mol. The molecule has 1 amide bonds. The lowest BCUT2D eigenvalue weighted by Crippen LogP contribution is -2.12. The van der Waals surface area contributed by atoms with Gasteiger partial charge in [-0.15, -0.1) is 5.10 Å². The molecule has 0 aliphatic rings. The van der Waals surface area contributed by atoms with E-state index in [0.29, 0.717) is 17.1 Å². The highest BCUT2D eigenvalue weighted by molar-refractivity contribution is 6.03. The predicted molar refractivity (Wildman–Crippen MR) is 62.0 cm³/mol. The number of amides is 1. The standard InChI is InChI=1S/C11H12N4O2/c1-15-12-7-10(14-15)13-11(16)8-3-5-9(17-2)6-4-8/h3-7H,1-2H3,(H,13,14,16). The number of carbonyl (C=O) groups excluding carboxylic acids is 1. The van der Waals surface area contributed by atoms with E-state index in [4.69, 9.17) is 4.74 Å². The van der Waals surface area contributed by atoms with Crippen molar-refractivity contribution in [3.05, 3.63) is 36.0 Å². The van der Waals surface area contributed by atoms with Gasteiger partial charge in [0, 0.05) is 12.6 Å². The molecule has 17 heavy (non-hydrogen) atoms. The van der Waals surface area contributed by atoms with E-state index < -0.39 is 0 Å². The summed E-state index contributed by atoms with van der Waals surface area (Å²) in [5.41, 5.74) is 0.538. The number of hydrogen-bond acceptors (Lipinski definition) is 4. The smallest absolute Gasteiger partial charge is 0.256 e. The summed E-state index contributed by atoms with van der Waals surface area (Å²) in [6.07, 6.45) is 1.49. The molecule has 6 nitrogen and oxygen atoms in total. The van der Waals surface area contributed by atoms with Crippen LogP contribution < -0.4 is 10.1 Å². The van der Waals surface area contributed by atoms with Gasteiger partial charge in [0.05, 0.1) is 13.3 Å². The van der Waals surface area contributed by atoms with E-state index in [1.165, 1.54) is 11.0 Å². The number of hydrogen-bond donors (Lipinski definition) is 1. The summed E-state index contributed by atoms with van der Waals surface area (Å²) in [7, 11) is 3.26. The molecule has 0 bridgehead atoms. The van der Waals surface area contributed by atoms with Crippen molar-refractivity contribution in [3.63, 3.8) is 0 Å². The summed E-state index contributed by atoms with van der Waals surface area (Å²) in [5.74, 6) is 0.905. The first-order valence-corrected chi connectivity index (χ1v) is 5.01. The average Bonchev–Trinajstić information content (AvgIpc) is 2.75. The van der Waals surface area contributed by atoms with Gasteiger partial charge < -0.3 is 10.1 Å². The Bertz CT molecular complexity index is 519. The third-order valence-electron chi connectivity index (χ3n) is 2.19. The molecule has 0 fully saturated rings. The van der Waals surface area contributed by atoms with Crippen LogP contribution in [0.2, 0.25) is 0 Å². The second-order valence-electron chi connectivity index (χ2n) is 3.40. The van der Waals surface area contributed by atoms with Crippen LogP contribution in [0, 0.1) is 0 Å². The fourth-order valence-corrected chi connectivity index (χ4v) is 1.33. The van der Waals surface area contributed by atoms with E-state index in [1.54, 1.807) is 38.4 Å². The highest BCUT2D eigenvalue weighted by Crippen LogP contribution is 2.12. The minimum atomic E-state index is -0.229. The lowest BCUT2D eigenvalue weighted by molar-refractivity contribution is 0.102. The topological polar surface area (TPSA) is 69.0 Å². The van der Waals surface area contributed by atoms with Crippen LogP contribution in [0.1, 0.15) is 10.4 Å². The van der Waals surface area contributed by atoms with E-state index in [9.17, 15) is 4.79 Å². The van der Waals surface area contributed by atoms with Gasteiger partial charge in [-0.3, -0.25) is 4.79 Å². The Hall–Kier alpha value is -2.37. The number of rotatable bonds is 3. The highest BCUT2D eigenvalue weighted by atomic mass is 16.5. The van der Waals surface area contributed by atoms with Gasteiger partial charge in [-0.2, -0.15) is 9.90 Å². The van der Waals surface area contributed by atoms with Gasteiger partial charge in [-0.1, -0.05) is 0 Å². The maximum Gasteiger partial charge on any atom is 0.256 e. The molecule has 6 heteroatoms. The molecule has 1 aromatic heterocycles. The van der Waals surface area contributed by atoms with Crippen molar-refractivity contribution >= 4 is 11.7 Å². The van der Waals surface area contributed by atoms with E-state index >= 15 is 0 Å². The molecule has 2 rings (SSSR count). The van der Waals surface area contributed by atoms with E-state index in [2.05, 4.69) is 15.5 Å². The fraction of sp³-hybridized carbons (Fsp3) is 0.182. The van der Waals surface area contributed by atoms with Crippen molar-refractivity contribution in [2.24, 2.45) is 7.05 Å². The maximum absolute atomic E-state index is 11.8. The zero-order valence-electron chi connectivity index (χ0n) is 9.54. The van der Waals surface area contributed by atoms with Crippen LogP contribution in [0.5, 0.6) is 5.75 Å². The van der Waals surface area contributed by atoms with Gasteiger partial charge in [0.25, 0.3) is 5.91 Å². The number of anilines is 1. The minimum Gasteiger partial charge on any atom is -0.497 e. The van der Waals surface area contributed by atoms with Crippen LogP contribution in [-0.2, 0) is 7.05 Å². The summed E-state index contributed by atoms with van der Waals surface area (Å²) in [5, 5.41) is 10.5. The highest BCUT2D eigenvalue weighted by Gasteiger charge is 2.07. The van der Waals surface area contributed by atoms with E-state index in [1.807, 2.05) is 0 Å². The molecule has 0 unspecified atom stereocenters. The first-order chi connectivity index (χ1) is 8.19. The quantitative estimate of drug-likeness (QED) is 0.859. The number of aryl methyl sites for hydroxylation is 1. The third kappa shape index (κ3) is 2.60. The van der Waals surface area contributed by atoms with Gasteiger partial charge in [0.2, 0.25) is 0 Å². The molecule has 0 radical (unpaired) electrons. The summed E-state index contributed by atoms with van der Waals surface area (Å²) >= 11 is 0. The Morgan fingerprint density at radius 1 is 1.35 bits per heavy atom. The maximum atomic E-state index is 11.8. The van der Waals surface area contributed by atoms with Gasteiger partial charge in [0.1, 0.15) is 5.75 Å². The minimum absolute atomic E-state index is 0.229. The Labute approximate surface area is 98.2 Å². The molecule has 1 N–H and O–H groups in total. The first kappa shape index (κ1) is 11.1. The molecule has 1 heterocycles. The zero-order valence-corrected chi connectivity index (χ0v) is 9.54. The van der Waals surface area contributed by atoms with Crippen LogP contribution in [-0.4, -0.2) is 28.0 Å². The normalized spacial score (nSPS) is 10.0. The number of aromatic nitrogens is 3. The van der Waals surface area contributed by atoms with Crippen molar-refractivity contribution in [2.45, 2.75) is 0 Å². The molecule has 0 atom stereocenters. The fourth-order valence-electron chi connectivity index (χ4n) is 1.33. The Balaban J connectivity index is 2.09. The Kier molecular flexibility index (Phi) is 3.04. The summed E-state index contributed by atoms with van der Waals surface area (Å²) in [6, 6.07) is 6.83. The van der Waals surface area contributed by atoms with Crippen LogP contribution in [0.25, 0.3) is 0 Å². The van der Waals surface area contributed by atoms with Crippen molar-refractivity contribution in [1.29, 1.82) is 0 Å². The Morgan fingerprint density at radius 2 is 2.06 bits per heavy atom. The van der Waals surface area contributed by atoms with Crippen LogP contribution in [0.3, 0.4) is 0 Å². The van der Waals surface area contributed by atoms with Crippen molar-refractivity contribution in [2.75, 3.05) is 12.4 Å². The van der Waals surface area contributed by atoms with Gasteiger partial charge in [-0.25, -0.2) is 0 Å². The number of nitrogens with zero attached hydrogens (tertiary/aromatic N) is 3. The lowest BCUT2D eigenvalue weighted by atomic mass is 10.2. The van der Waals surface area contributed by atoms with Crippen molar-refractivity contribution in [3.8, 4) is 5.75 Å². The summed E-state index contributed by atoms with van der Waals surface area (Å²) in [4.78, 5) is 13.2. The molecule has 88 valence electrons. The Morgan fingerprint density at radius 3 is 2.59 bits per heavy atom. The van der Waals surface area contributed by atoms with Crippen LogP contribution >= 0.6 is 0 Å². The molecular formula is C11H12N4O2. The molecule has 0 aliphatic carbocycles. The zero-order chi connectivity index (χ0) is 12.3. The molecule has 0 aliphatic heterocycles. The second-order valence-corrected chi connectivity index (χ2v) is 3.40.